The van der Waals surface area contributed by atoms with Gasteiger partial charge in [0.2, 0.25) is 0 Å². The number of rotatable bonds is 6. The topological polar surface area (TPSA) is 73.4 Å². The summed E-state index contributed by atoms with van der Waals surface area (Å²) >= 11 is 0. The largest absolute Gasteiger partial charge is 0.497 e. The van der Waals surface area contributed by atoms with Gasteiger partial charge < -0.3 is 19.2 Å². The lowest BCUT2D eigenvalue weighted by Gasteiger charge is -2.06. The van der Waals surface area contributed by atoms with Gasteiger partial charge in [0.1, 0.15) is 23.2 Å². The molecule has 0 aliphatic heterocycles. The second-order valence-corrected chi connectivity index (χ2v) is 6.05. The lowest BCUT2D eigenvalue weighted by atomic mass is 10.0. The van der Waals surface area contributed by atoms with E-state index in [1.165, 1.54) is 7.11 Å². The van der Waals surface area contributed by atoms with Gasteiger partial charge in [0, 0.05) is 11.1 Å². The van der Waals surface area contributed by atoms with E-state index in [1.54, 1.807) is 21.1 Å². The number of ether oxygens (including phenoxy) is 3. The molecule has 1 atom stereocenters. The van der Waals surface area contributed by atoms with Crippen molar-refractivity contribution in [3.05, 3.63) is 54.4 Å². The van der Waals surface area contributed by atoms with E-state index in [4.69, 9.17) is 19.2 Å². The molecule has 1 unspecified atom stereocenters. The smallest absolute Gasteiger partial charge is 0.316 e. The lowest BCUT2D eigenvalue weighted by Crippen LogP contribution is -2.12. The van der Waals surface area contributed by atoms with E-state index in [0.29, 0.717) is 5.82 Å². The van der Waals surface area contributed by atoms with E-state index in [2.05, 4.69) is 4.98 Å². The van der Waals surface area contributed by atoms with Gasteiger partial charge in [-0.1, -0.05) is 0 Å². The predicted octanol–water partition coefficient (Wildman–Crippen LogP) is 4.04. The van der Waals surface area contributed by atoms with Crippen LogP contribution >= 0.6 is 0 Å². The number of benzene rings is 2. The van der Waals surface area contributed by atoms with Crippen LogP contribution in [0.5, 0.6) is 11.5 Å². The molecular formula is C21H22N2O4. The summed E-state index contributed by atoms with van der Waals surface area (Å²) in [5, 5.41) is 0. The Morgan fingerprint density at radius 1 is 0.889 bits per heavy atom. The normalized spacial score (nSPS) is 11.7. The third kappa shape index (κ3) is 3.79. The highest BCUT2D eigenvalue weighted by Gasteiger charge is 2.23. The fourth-order valence-corrected chi connectivity index (χ4v) is 2.81. The Balaban J connectivity index is 2.10. The number of hydrogen-bond donors (Lipinski definition) is 1. The highest BCUT2D eigenvalue weighted by Crippen LogP contribution is 2.33. The maximum Gasteiger partial charge on any atom is 0.316 e. The van der Waals surface area contributed by atoms with Gasteiger partial charge in [-0.3, -0.25) is 4.79 Å². The van der Waals surface area contributed by atoms with Gasteiger partial charge in [-0.05, 0) is 55.5 Å². The third-order valence-corrected chi connectivity index (χ3v) is 4.43. The van der Waals surface area contributed by atoms with Gasteiger partial charge in [-0.25, -0.2) is 4.98 Å². The van der Waals surface area contributed by atoms with Crippen molar-refractivity contribution in [1.82, 2.24) is 9.97 Å². The molecule has 3 rings (SSSR count). The predicted molar refractivity (Wildman–Crippen MR) is 103 cm³/mol. The van der Waals surface area contributed by atoms with Crippen molar-refractivity contribution in [3.63, 3.8) is 0 Å². The SMILES string of the molecule is COC(=O)C(C)c1nc(-c2ccc(OC)cc2)c(-c2ccc(OC)cc2)[nH]1. The number of H-pyrrole nitrogens is 1. The van der Waals surface area contributed by atoms with Gasteiger partial charge >= 0.3 is 5.97 Å². The Bertz CT molecular complexity index is 849. The number of aromatic nitrogens is 2. The van der Waals surface area contributed by atoms with Crippen LogP contribution in [0, 0.1) is 0 Å². The minimum absolute atomic E-state index is 0.341. The molecule has 27 heavy (non-hydrogen) atoms. The molecular weight excluding hydrogens is 344 g/mol. The van der Waals surface area contributed by atoms with Crippen LogP contribution in [0.1, 0.15) is 18.7 Å². The van der Waals surface area contributed by atoms with Crippen LogP contribution in [0.2, 0.25) is 0 Å². The lowest BCUT2D eigenvalue weighted by molar-refractivity contribution is -0.142. The van der Waals surface area contributed by atoms with Gasteiger partial charge in [0.15, 0.2) is 0 Å². The fourth-order valence-electron chi connectivity index (χ4n) is 2.81. The highest BCUT2D eigenvalue weighted by molar-refractivity contribution is 5.81. The van der Waals surface area contributed by atoms with E-state index < -0.39 is 5.92 Å². The number of hydrogen-bond acceptors (Lipinski definition) is 5. The number of nitrogens with one attached hydrogen (secondary N) is 1. The summed E-state index contributed by atoms with van der Waals surface area (Å²) in [5.41, 5.74) is 3.45. The molecule has 0 amide bonds. The van der Waals surface area contributed by atoms with Crippen molar-refractivity contribution >= 4 is 5.97 Å². The Morgan fingerprint density at radius 3 is 1.89 bits per heavy atom. The Morgan fingerprint density at radius 2 is 1.41 bits per heavy atom. The number of methoxy groups -OCH3 is 3. The number of carbonyl (C=O) groups is 1. The first-order valence-corrected chi connectivity index (χ1v) is 8.54. The average Bonchev–Trinajstić information content (AvgIpc) is 3.18. The molecule has 0 aliphatic rings. The van der Waals surface area contributed by atoms with Gasteiger partial charge in [0.25, 0.3) is 0 Å². The molecule has 0 bridgehead atoms. The molecule has 140 valence electrons. The molecule has 1 heterocycles. The molecule has 0 fully saturated rings. The first-order valence-electron chi connectivity index (χ1n) is 8.54. The second kappa shape index (κ2) is 7.95. The molecule has 0 spiro atoms. The van der Waals surface area contributed by atoms with Crippen molar-refractivity contribution < 1.29 is 19.0 Å². The average molecular weight is 366 g/mol. The van der Waals surface area contributed by atoms with Crippen LogP contribution in [0.3, 0.4) is 0 Å². The molecule has 0 radical (unpaired) electrons. The maximum absolute atomic E-state index is 12.0. The van der Waals surface area contributed by atoms with E-state index in [0.717, 1.165) is 34.0 Å². The van der Waals surface area contributed by atoms with Crippen molar-refractivity contribution in [3.8, 4) is 34.0 Å². The summed E-state index contributed by atoms with van der Waals surface area (Å²) in [6, 6.07) is 15.3. The van der Waals surface area contributed by atoms with E-state index in [-0.39, 0.29) is 5.97 Å². The van der Waals surface area contributed by atoms with Gasteiger partial charge in [0.05, 0.1) is 32.7 Å². The monoisotopic (exact) mass is 366 g/mol. The maximum atomic E-state index is 12.0. The van der Waals surface area contributed by atoms with Crippen molar-refractivity contribution in [2.75, 3.05) is 21.3 Å². The van der Waals surface area contributed by atoms with Crippen molar-refractivity contribution in [2.24, 2.45) is 0 Å². The zero-order valence-electron chi connectivity index (χ0n) is 15.8. The molecule has 0 saturated carbocycles. The number of esters is 1. The first-order chi connectivity index (χ1) is 13.1. The second-order valence-electron chi connectivity index (χ2n) is 6.05. The standard InChI is InChI=1S/C21H22N2O4/c1-13(21(24)27-4)20-22-18(14-5-9-16(25-2)10-6-14)19(23-20)15-7-11-17(26-3)12-8-15/h5-13H,1-4H3,(H,22,23). The molecule has 6 nitrogen and oxygen atoms in total. The van der Waals surface area contributed by atoms with Crippen LogP contribution in [0.4, 0.5) is 0 Å². The first kappa shape index (κ1) is 18.5. The van der Waals surface area contributed by atoms with E-state index in [1.807, 2.05) is 48.5 Å². The van der Waals surface area contributed by atoms with E-state index in [9.17, 15) is 4.79 Å². The molecule has 6 heteroatoms. The van der Waals surface area contributed by atoms with Crippen molar-refractivity contribution in [1.29, 1.82) is 0 Å². The molecule has 0 saturated heterocycles. The summed E-state index contributed by atoms with van der Waals surface area (Å²) < 4.78 is 15.3. The highest BCUT2D eigenvalue weighted by atomic mass is 16.5. The number of nitrogens with zero attached hydrogens (tertiary/aromatic N) is 1. The summed E-state index contributed by atoms with van der Waals surface area (Å²) in [6.07, 6.45) is 0. The number of imidazole rings is 1. The summed E-state index contributed by atoms with van der Waals surface area (Å²) in [4.78, 5) is 19.9. The van der Waals surface area contributed by atoms with Gasteiger partial charge in [-0.15, -0.1) is 0 Å². The quantitative estimate of drug-likeness (QED) is 0.667. The zero-order chi connectivity index (χ0) is 19.4. The minimum atomic E-state index is -0.501. The van der Waals surface area contributed by atoms with Crippen LogP contribution in [-0.2, 0) is 9.53 Å². The number of carbonyl (C=O) groups excluding carboxylic acids is 1. The zero-order valence-corrected chi connectivity index (χ0v) is 15.8. The fraction of sp³-hybridized carbons (Fsp3) is 0.238. The molecule has 2 aromatic carbocycles. The van der Waals surface area contributed by atoms with Crippen LogP contribution in [-0.4, -0.2) is 37.3 Å². The van der Waals surface area contributed by atoms with Gasteiger partial charge in [-0.2, -0.15) is 0 Å². The summed E-state index contributed by atoms with van der Waals surface area (Å²) in [7, 11) is 4.63. The summed E-state index contributed by atoms with van der Waals surface area (Å²) in [6.45, 7) is 1.76. The molecule has 1 N–H and O–H groups in total. The Hall–Kier alpha value is -3.28. The number of aromatic amines is 1. The summed E-state index contributed by atoms with van der Waals surface area (Å²) in [5.74, 6) is 1.25. The molecule has 1 aromatic heterocycles. The van der Waals surface area contributed by atoms with Crippen LogP contribution in [0.15, 0.2) is 48.5 Å². The molecule has 3 aromatic rings. The van der Waals surface area contributed by atoms with Crippen LogP contribution in [0.25, 0.3) is 22.5 Å². The Labute approximate surface area is 158 Å². The minimum Gasteiger partial charge on any atom is -0.497 e. The third-order valence-electron chi connectivity index (χ3n) is 4.43. The van der Waals surface area contributed by atoms with Crippen LogP contribution < -0.4 is 9.47 Å². The molecule has 0 aliphatic carbocycles. The van der Waals surface area contributed by atoms with E-state index >= 15 is 0 Å². The Kier molecular flexibility index (Phi) is 5.45. The van der Waals surface area contributed by atoms with Crippen molar-refractivity contribution in [2.45, 2.75) is 12.8 Å².